The first-order chi connectivity index (χ1) is 4.62. The fraction of sp³-hybridized carbons (Fsp3) is 0.833. The van der Waals surface area contributed by atoms with E-state index in [1.165, 1.54) is 0 Å². The summed E-state index contributed by atoms with van der Waals surface area (Å²) in [5, 5.41) is 8.17. The highest BCUT2D eigenvalue weighted by Gasteiger charge is 2.03. The van der Waals surface area contributed by atoms with Crippen molar-refractivity contribution in [2.24, 2.45) is 0 Å². The van der Waals surface area contributed by atoms with Crippen LogP contribution in [0.15, 0.2) is 0 Å². The Balaban J connectivity index is 3.67. The first-order valence-electron chi connectivity index (χ1n) is 3.35. The van der Waals surface area contributed by atoms with Gasteiger partial charge in [0.1, 0.15) is 0 Å². The van der Waals surface area contributed by atoms with Crippen LogP contribution in [0.4, 0.5) is 0 Å². The van der Waals surface area contributed by atoms with Crippen LogP contribution < -0.4 is 4.72 Å². The van der Waals surface area contributed by atoms with Gasteiger partial charge in [-0.25, -0.2) is 0 Å². The monoisotopic (exact) mass is 162 g/mol. The Morgan fingerprint density at radius 2 is 2.30 bits per heavy atom. The van der Waals surface area contributed by atoms with Crippen LogP contribution in [0.5, 0.6) is 0 Å². The summed E-state index contributed by atoms with van der Waals surface area (Å²) in [6.07, 6.45) is 5.24. The SMILES string of the molecule is CCCC[SH](C)(=O)NC#N. The highest BCUT2D eigenvalue weighted by atomic mass is 32.3. The molecule has 0 radical (unpaired) electrons. The van der Waals surface area contributed by atoms with Crippen molar-refractivity contribution < 1.29 is 4.21 Å². The molecule has 60 valence electrons. The van der Waals surface area contributed by atoms with Crippen LogP contribution in [0.2, 0.25) is 0 Å². The lowest BCUT2D eigenvalue weighted by Crippen LogP contribution is -2.28. The zero-order valence-electron chi connectivity index (χ0n) is 6.42. The summed E-state index contributed by atoms with van der Waals surface area (Å²) < 4.78 is 13.6. The summed E-state index contributed by atoms with van der Waals surface area (Å²) in [4.78, 5) is 0. The highest BCUT2D eigenvalue weighted by Crippen LogP contribution is 1.97. The minimum absolute atomic E-state index is 0.622. The van der Waals surface area contributed by atoms with Gasteiger partial charge in [0.05, 0.1) is 0 Å². The van der Waals surface area contributed by atoms with E-state index in [0.29, 0.717) is 5.75 Å². The van der Waals surface area contributed by atoms with E-state index >= 15 is 0 Å². The van der Waals surface area contributed by atoms with E-state index in [1.54, 1.807) is 12.4 Å². The number of rotatable bonds is 4. The Bertz CT molecular complexity index is 173. The first-order valence-corrected chi connectivity index (χ1v) is 5.69. The molecule has 0 fully saturated rings. The predicted octanol–water partition coefficient (Wildman–Crippen LogP) is 0.419. The van der Waals surface area contributed by atoms with Gasteiger partial charge in [0.15, 0.2) is 6.19 Å². The number of nitriles is 1. The standard InChI is InChI=1S/C6H14N2OS/c1-3-4-5-10(2,9)8-6-7/h10H,3-5H2,1-2H3,(H,8,9). The average molecular weight is 162 g/mol. The Labute approximate surface area is 63.0 Å². The topological polar surface area (TPSA) is 52.9 Å². The molecule has 3 nitrogen and oxygen atoms in total. The normalized spacial score (nSPS) is 12.1. The van der Waals surface area contributed by atoms with Gasteiger partial charge < -0.3 is 0 Å². The molecule has 0 saturated carbocycles. The van der Waals surface area contributed by atoms with E-state index in [2.05, 4.69) is 4.72 Å². The predicted molar refractivity (Wildman–Crippen MR) is 44.0 cm³/mol. The second-order valence-corrected chi connectivity index (χ2v) is 5.27. The maximum Gasteiger partial charge on any atom is 0.187 e. The summed E-state index contributed by atoms with van der Waals surface area (Å²) in [5.41, 5.74) is 0. The Morgan fingerprint density at radius 3 is 2.70 bits per heavy atom. The summed E-state index contributed by atoms with van der Waals surface area (Å²) in [6.45, 7) is 2.03. The van der Waals surface area contributed by atoms with Crippen molar-refractivity contribution in [3.8, 4) is 6.19 Å². The molecule has 0 bridgehead atoms. The molecule has 0 aliphatic heterocycles. The molecular formula is C6H14N2OS. The van der Waals surface area contributed by atoms with E-state index in [0.717, 1.165) is 12.8 Å². The zero-order valence-corrected chi connectivity index (χ0v) is 7.32. The number of hydrogen-bond acceptors (Lipinski definition) is 2. The van der Waals surface area contributed by atoms with Crippen LogP contribution >= 0.6 is 0 Å². The van der Waals surface area contributed by atoms with Crippen LogP contribution in [0.1, 0.15) is 19.8 Å². The maximum absolute atomic E-state index is 11.2. The second-order valence-electron chi connectivity index (χ2n) is 2.40. The van der Waals surface area contributed by atoms with Gasteiger partial charge >= 0.3 is 0 Å². The minimum atomic E-state index is -2.32. The number of nitrogens with zero attached hydrogens (tertiary/aromatic N) is 1. The van der Waals surface area contributed by atoms with Crippen molar-refractivity contribution in [2.45, 2.75) is 19.8 Å². The van der Waals surface area contributed by atoms with Crippen LogP contribution in [0, 0.1) is 11.5 Å². The number of nitrogens with one attached hydrogen (secondary N) is 1. The lowest BCUT2D eigenvalue weighted by Gasteiger charge is -2.14. The minimum Gasteiger partial charge on any atom is -0.266 e. The molecule has 0 aliphatic carbocycles. The van der Waals surface area contributed by atoms with Crippen LogP contribution in [-0.2, 0) is 10.1 Å². The van der Waals surface area contributed by atoms with E-state index < -0.39 is 10.1 Å². The quantitative estimate of drug-likeness (QED) is 0.357. The van der Waals surface area contributed by atoms with E-state index in [1.807, 2.05) is 6.92 Å². The van der Waals surface area contributed by atoms with Crippen LogP contribution in [0.25, 0.3) is 0 Å². The molecule has 0 aromatic carbocycles. The number of hydrogen-bond donors (Lipinski definition) is 2. The van der Waals surface area contributed by atoms with Gasteiger partial charge in [-0.2, -0.15) is 5.26 Å². The molecule has 0 aliphatic rings. The average Bonchev–Trinajstić information content (AvgIpc) is 1.84. The molecule has 10 heavy (non-hydrogen) atoms. The number of unbranched alkanes of at least 4 members (excludes halogenated alkanes) is 1. The van der Waals surface area contributed by atoms with E-state index in [4.69, 9.17) is 5.26 Å². The third-order valence-electron chi connectivity index (χ3n) is 1.22. The van der Waals surface area contributed by atoms with Gasteiger partial charge in [-0.1, -0.05) is 13.3 Å². The van der Waals surface area contributed by atoms with Crippen molar-refractivity contribution in [3.63, 3.8) is 0 Å². The van der Waals surface area contributed by atoms with Crippen molar-refractivity contribution in [1.82, 2.24) is 4.72 Å². The molecule has 0 amide bonds. The highest BCUT2D eigenvalue weighted by molar-refractivity contribution is 8.00. The summed E-state index contributed by atoms with van der Waals surface area (Å²) >= 11 is 0. The fourth-order valence-corrected chi connectivity index (χ4v) is 1.86. The van der Waals surface area contributed by atoms with Crippen molar-refractivity contribution >= 4 is 10.1 Å². The lowest BCUT2D eigenvalue weighted by atomic mass is 10.4. The second kappa shape index (κ2) is 4.29. The molecule has 0 saturated heterocycles. The van der Waals surface area contributed by atoms with Gasteiger partial charge in [-0.05, 0) is 16.5 Å². The first kappa shape index (κ1) is 9.44. The molecule has 0 spiro atoms. The maximum atomic E-state index is 11.2. The summed E-state index contributed by atoms with van der Waals surface area (Å²) in [7, 11) is -2.32. The lowest BCUT2D eigenvalue weighted by molar-refractivity contribution is 0.667. The van der Waals surface area contributed by atoms with Crippen LogP contribution in [0.3, 0.4) is 0 Å². The van der Waals surface area contributed by atoms with Gasteiger partial charge in [0.2, 0.25) is 0 Å². The smallest absolute Gasteiger partial charge is 0.187 e. The summed E-state index contributed by atoms with van der Waals surface area (Å²) in [5.74, 6) is 0.622. The zero-order chi connectivity index (χ0) is 8.04. The largest absolute Gasteiger partial charge is 0.266 e. The molecule has 0 aromatic heterocycles. The molecule has 0 aromatic rings. The molecule has 1 N–H and O–H groups in total. The fourth-order valence-electron chi connectivity index (χ4n) is 0.622. The van der Waals surface area contributed by atoms with Gasteiger partial charge in [-0.3, -0.25) is 8.93 Å². The van der Waals surface area contributed by atoms with E-state index in [-0.39, 0.29) is 0 Å². The molecule has 0 heterocycles. The van der Waals surface area contributed by atoms with Crippen molar-refractivity contribution in [3.05, 3.63) is 0 Å². The Kier molecular flexibility index (Phi) is 4.05. The van der Waals surface area contributed by atoms with Crippen LogP contribution in [-0.4, -0.2) is 16.2 Å². The molecular weight excluding hydrogens is 148 g/mol. The third kappa shape index (κ3) is 4.33. The van der Waals surface area contributed by atoms with Crippen molar-refractivity contribution in [2.75, 3.05) is 12.0 Å². The molecule has 4 heteroatoms. The van der Waals surface area contributed by atoms with E-state index in [9.17, 15) is 4.21 Å². The van der Waals surface area contributed by atoms with Gasteiger partial charge in [0.25, 0.3) is 0 Å². The van der Waals surface area contributed by atoms with Gasteiger partial charge in [-0.15, -0.1) is 0 Å². The number of thiol groups is 1. The molecule has 0 atom stereocenters. The molecule has 0 unspecified atom stereocenters. The van der Waals surface area contributed by atoms with Crippen molar-refractivity contribution in [1.29, 1.82) is 5.26 Å². The third-order valence-corrected chi connectivity index (χ3v) is 2.97. The molecule has 0 rings (SSSR count). The Hall–Kier alpha value is -0.560. The summed E-state index contributed by atoms with van der Waals surface area (Å²) in [6, 6.07) is 0. The Morgan fingerprint density at radius 1 is 1.70 bits per heavy atom. The van der Waals surface area contributed by atoms with Gasteiger partial charge in [0, 0.05) is 12.0 Å².